The first-order valence-electron chi connectivity index (χ1n) is 13.7. The summed E-state index contributed by atoms with van der Waals surface area (Å²) in [6.45, 7) is 10.1. The fourth-order valence-electron chi connectivity index (χ4n) is 4.55. The van der Waals surface area contributed by atoms with Crippen molar-refractivity contribution in [3.63, 3.8) is 0 Å². The van der Waals surface area contributed by atoms with Gasteiger partial charge in [0.15, 0.2) is 23.4 Å². The first-order chi connectivity index (χ1) is 20.5. The second-order valence-corrected chi connectivity index (χ2v) is 11.2. The molecule has 0 aliphatic heterocycles. The number of benzene rings is 3. The van der Waals surface area contributed by atoms with Gasteiger partial charge in [0.25, 0.3) is 5.56 Å². The average Bonchev–Trinajstić information content (AvgIpc) is 2.99. The number of ether oxygens (including phenoxy) is 4. The molecule has 4 rings (SSSR count). The van der Waals surface area contributed by atoms with Crippen LogP contribution < -0.4 is 19.8 Å². The number of carbonyl (C=O) groups is 1. The Morgan fingerprint density at radius 1 is 1.14 bits per heavy atom. The van der Waals surface area contributed by atoms with Gasteiger partial charge in [-0.1, -0.05) is 37.6 Å². The lowest BCUT2D eigenvalue weighted by Gasteiger charge is -2.19. The Morgan fingerprint density at radius 3 is 2.51 bits per heavy atom. The van der Waals surface area contributed by atoms with E-state index in [1.165, 1.54) is 25.1 Å². The number of carbonyl (C=O) groups excluding carboxylic acids is 1. The van der Waals surface area contributed by atoms with Gasteiger partial charge in [-0.05, 0) is 84.1 Å². The molecule has 0 spiro atoms. The molecule has 3 aromatic carbocycles. The second kappa shape index (κ2) is 13.6. The maximum Gasteiger partial charge on any atom is 0.346 e. The summed E-state index contributed by atoms with van der Waals surface area (Å²) >= 11 is 10.1. The summed E-state index contributed by atoms with van der Waals surface area (Å²) in [6.07, 6.45) is 0.557. The maximum absolute atomic E-state index is 13.8. The molecule has 0 bridgehead atoms. The zero-order valence-corrected chi connectivity index (χ0v) is 27.4. The molecule has 0 amide bonds. The van der Waals surface area contributed by atoms with Crippen molar-refractivity contribution in [2.45, 2.75) is 46.6 Å². The molecule has 0 aliphatic carbocycles. The summed E-state index contributed by atoms with van der Waals surface area (Å²) in [5, 5.41) is 5.19. The molecule has 4 aromatic rings. The van der Waals surface area contributed by atoms with E-state index in [2.05, 4.69) is 34.9 Å². The van der Waals surface area contributed by atoms with Crippen LogP contribution in [0.15, 0.2) is 56.8 Å². The van der Waals surface area contributed by atoms with Crippen LogP contribution in [0.3, 0.4) is 0 Å². The SMILES string of the molecule is CCOc1cc(C)c(-c2nc3ccccc3c(=O)n2N=Cc2cc(OC)c(O[C@@H](C)C(=O)OC)c(Cl)c2Br)cc1C(C)C. The number of methoxy groups -OCH3 is 2. The van der Waals surface area contributed by atoms with Gasteiger partial charge >= 0.3 is 5.97 Å². The molecule has 43 heavy (non-hydrogen) atoms. The maximum atomic E-state index is 13.8. The first kappa shape index (κ1) is 32.0. The predicted molar refractivity (Wildman–Crippen MR) is 172 cm³/mol. The van der Waals surface area contributed by atoms with Crippen molar-refractivity contribution in [2.75, 3.05) is 20.8 Å². The summed E-state index contributed by atoms with van der Waals surface area (Å²) in [5.41, 5.74) is 3.35. The van der Waals surface area contributed by atoms with Crippen LogP contribution in [0.4, 0.5) is 0 Å². The normalized spacial score (nSPS) is 12.1. The van der Waals surface area contributed by atoms with Crippen molar-refractivity contribution >= 4 is 50.6 Å². The molecule has 1 heterocycles. The summed E-state index contributed by atoms with van der Waals surface area (Å²) in [5.74, 6) is 1.19. The average molecular weight is 671 g/mol. The number of halogens is 2. The van der Waals surface area contributed by atoms with Crippen LogP contribution in [-0.4, -0.2) is 48.8 Å². The summed E-state index contributed by atoms with van der Waals surface area (Å²) < 4.78 is 23.6. The fourth-order valence-corrected chi connectivity index (χ4v) is 5.19. The van der Waals surface area contributed by atoms with E-state index < -0.39 is 12.1 Å². The number of para-hydroxylation sites is 1. The number of rotatable bonds is 10. The largest absolute Gasteiger partial charge is 0.494 e. The minimum absolute atomic E-state index is 0.155. The van der Waals surface area contributed by atoms with Crippen LogP contribution in [-0.2, 0) is 9.53 Å². The van der Waals surface area contributed by atoms with E-state index in [0.717, 1.165) is 22.4 Å². The number of fused-ring (bicyclic) bond motifs is 1. The lowest BCUT2D eigenvalue weighted by Crippen LogP contribution is -2.25. The molecule has 226 valence electrons. The van der Waals surface area contributed by atoms with Gasteiger partial charge in [-0.15, -0.1) is 0 Å². The second-order valence-electron chi connectivity index (χ2n) is 10.0. The number of aromatic nitrogens is 2. The Hall–Kier alpha value is -3.89. The van der Waals surface area contributed by atoms with Crippen LogP contribution in [0.25, 0.3) is 22.3 Å². The van der Waals surface area contributed by atoms with E-state index in [4.69, 9.17) is 35.5 Å². The van der Waals surface area contributed by atoms with Crippen LogP contribution in [0.2, 0.25) is 5.02 Å². The van der Waals surface area contributed by atoms with Crippen molar-refractivity contribution < 1.29 is 23.7 Å². The van der Waals surface area contributed by atoms with E-state index in [1.54, 1.807) is 31.2 Å². The van der Waals surface area contributed by atoms with Gasteiger partial charge in [-0.3, -0.25) is 4.79 Å². The van der Waals surface area contributed by atoms with Crippen LogP contribution >= 0.6 is 27.5 Å². The highest BCUT2D eigenvalue weighted by atomic mass is 79.9. The Balaban J connectivity index is 1.91. The summed E-state index contributed by atoms with van der Waals surface area (Å²) in [6, 6.07) is 12.8. The van der Waals surface area contributed by atoms with Crippen LogP contribution in [0.1, 0.15) is 50.3 Å². The number of esters is 1. The molecule has 0 aliphatic rings. The van der Waals surface area contributed by atoms with Gasteiger partial charge in [0.1, 0.15) is 10.8 Å². The molecule has 0 radical (unpaired) electrons. The van der Waals surface area contributed by atoms with Crippen molar-refractivity contribution in [2.24, 2.45) is 5.10 Å². The minimum atomic E-state index is -0.930. The molecule has 0 saturated heterocycles. The molecule has 1 atom stereocenters. The Morgan fingerprint density at radius 2 is 1.86 bits per heavy atom. The van der Waals surface area contributed by atoms with Gasteiger partial charge in [-0.25, -0.2) is 9.78 Å². The minimum Gasteiger partial charge on any atom is -0.494 e. The fraction of sp³-hybridized carbons (Fsp3) is 0.312. The van der Waals surface area contributed by atoms with Gasteiger partial charge in [-0.2, -0.15) is 9.78 Å². The molecule has 11 heteroatoms. The van der Waals surface area contributed by atoms with Crippen LogP contribution in [0.5, 0.6) is 17.2 Å². The smallest absolute Gasteiger partial charge is 0.346 e. The monoisotopic (exact) mass is 669 g/mol. The lowest BCUT2D eigenvalue weighted by molar-refractivity contribution is -0.147. The molecule has 0 unspecified atom stereocenters. The highest BCUT2D eigenvalue weighted by Crippen LogP contribution is 2.43. The van der Waals surface area contributed by atoms with Crippen LogP contribution in [0, 0.1) is 6.92 Å². The Kier molecular flexibility index (Phi) is 10.1. The van der Waals surface area contributed by atoms with E-state index >= 15 is 0 Å². The summed E-state index contributed by atoms with van der Waals surface area (Å²) in [4.78, 5) is 30.7. The summed E-state index contributed by atoms with van der Waals surface area (Å²) in [7, 11) is 2.72. The van der Waals surface area contributed by atoms with Crippen molar-refractivity contribution in [3.05, 3.63) is 79.0 Å². The standard InChI is InChI=1S/C32H33BrClN3O6/c1-8-42-25-13-18(4)23(15-22(25)17(2)3)30-36-24-12-10-9-11-21(24)31(38)37(30)35-16-20-14-26(40-6)29(28(34)27(20)33)43-19(5)32(39)41-7/h9-17,19H,8H2,1-7H3/t19-/m0/s1. The van der Waals surface area contributed by atoms with E-state index in [1.807, 2.05) is 32.0 Å². The zero-order valence-electron chi connectivity index (χ0n) is 25.0. The Labute approximate surface area is 263 Å². The molecule has 0 N–H and O–H groups in total. The van der Waals surface area contributed by atoms with Gasteiger partial charge < -0.3 is 18.9 Å². The van der Waals surface area contributed by atoms with E-state index in [0.29, 0.717) is 33.4 Å². The quantitative estimate of drug-likeness (QED) is 0.131. The third-order valence-electron chi connectivity index (χ3n) is 6.79. The zero-order chi connectivity index (χ0) is 31.4. The molecular weight excluding hydrogens is 638 g/mol. The number of hydrogen-bond donors (Lipinski definition) is 0. The van der Waals surface area contributed by atoms with E-state index in [9.17, 15) is 9.59 Å². The third-order valence-corrected chi connectivity index (χ3v) is 8.23. The highest BCUT2D eigenvalue weighted by Gasteiger charge is 2.23. The van der Waals surface area contributed by atoms with Crippen molar-refractivity contribution in [1.29, 1.82) is 0 Å². The lowest BCUT2D eigenvalue weighted by atomic mass is 9.96. The van der Waals surface area contributed by atoms with Gasteiger partial charge in [0.2, 0.25) is 0 Å². The predicted octanol–water partition coefficient (Wildman–Crippen LogP) is 7.14. The molecule has 0 fully saturated rings. The Bertz CT molecular complexity index is 1770. The first-order valence-corrected chi connectivity index (χ1v) is 14.8. The van der Waals surface area contributed by atoms with Gasteiger partial charge in [0.05, 0.1) is 37.9 Å². The number of hydrogen-bond acceptors (Lipinski definition) is 8. The van der Waals surface area contributed by atoms with Crippen molar-refractivity contribution in [3.8, 4) is 28.6 Å². The van der Waals surface area contributed by atoms with Gasteiger partial charge in [0, 0.05) is 15.6 Å². The third kappa shape index (κ3) is 6.55. The molecular formula is C32H33BrClN3O6. The van der Waals surface area contributed by atoms with E-state index in [-0.39, 0.29) is 28.0 Å². The topological polar surface area (TPSA) is 101 Å². The number of nitrogens with zero attached hydrogens (tertiary/aromatic N) is 3. The highest BCUT2D eigenvalue weighted by molar-refractivity contribution is 9.10. The molecule has 9 nitrogen and oxygen atoms in total. The van der Waals surface area contributed by atoms with Crippen molar-refractivity contribution in [1.82, 2.24) is 9.66 Å². The molecule has 1 aromatic heterocycles. The number of aryl methyl sites for hydroxylation is 1. The molecule has 0 saturated carbocycles.